The summed E-state index contributed by atoms with van der Waals surface area (Å²) in [6.45, 7) is 1.57. The molecule has 3 aromatic rings. The van der Waals surface area contributed by atoms with E-state index in [4.69, 9.17) is 0 Å². The van der Waals surface area contributed by atoms with E-state index in [1.165, 1.54) is 30.3 Å². The minimum Gasteiger partial charge on any atom is -0.307 e. The summed E-state index contributed by atoms with van der Waals surface area (Å²) in [5, 5.41) is 1.66. The third kappa shape index (κ3) is 3.65. The third-order valence-corrected chi connectivity index (χ3v) is 8.06. The SMILES string of the molecule is CC1Cc2ccccc2N1C(=O)CN(c1ccc(F)cc1)S(=O)(=O)c1cccs1. The second-order valence-electron chi connectivity index (χ2n) is 6.87. The Labute approximate surface area is 173 Å². The fraction of sp³-hybridized carbons (Fsp3) is 0.190. The van der Waals surface area contributed by atoms with Gasteiger partial charge in [-0.3, -0.25) is 9.10 Å². The Kier molecular flexibility index (Phi) is 5.14. The number of rotatable bonds is 5. The molecule has 1 atom stereocenters. The minimum absolute atomic E-state index is 0.0700. The molecule has 5 nitrogen and oxygen atoms in total. The molecule has 0 spiro atoms. The lowest BCUT2D eigenvalue weighted by Gasteiger charge is -2.28. The van der Waals surface area contributed by atoms with E-state index < -0.39 is 15.8 Å². The first-order chi connectivity index (χ1) is 13.9. The van der Waals surface area contributed by atoms with Crippen LogP contribution in [0.2, 0.25) is 0 Å². The number of halogens is 1. The van der Waals surface area contributed by atoms with Crippen LogP contribution in [0.5, 0.6) is 0 Å². The van der Waals surface area contributed by atoms with Crippen LogP contribution in [-0.4, -0.2) is 26.9 Å². The number of fused-ring (bicyclic) bond motifs is 1. The number of hydrogen-bond acceptors (Lipinski definition) is 4. The lowest BCUT2D eigenvalue weighted by atomic mass is 10.1. The van der Waals surface area contributed by atoms with Gasteiger partial charge in [0.05, 0.1) is 5.69 Å². The van der Waals surface area contributed by atoms with Crippen molar-refractivity contribution in [2.45, 2.75) is 23.6 Å². The van der Waals surface area contributed by atoms with E-state index in [9.17, 15) is 17.6 Å². The summed E-state index contributed by atoms with van der Waals surface area (Å²) < 4.78 is 41.0. The smallest absolute Gasteiger partial charge is 0.274 e. The average Bonchev–Trinajstić information content (AvgIpc) is 3.34. The fourth-order valence-electron chi connectivity index (χ4n) is 3.59. The number of thiophene rings is 1. The van der Waals surface area contributed by atoms with Gasteiger partial charge in [-0.15, -0.1) is 11.3 Å². The molecule has 1 amide bonds. The van der Waals surface area contributed by atoms with Crippen molar-refractivity contribution in [2.24, 2.45) is 0 Å². The first kappa shape index (κ1) is 19.6. The third-order valence-electron chi connectivity index (χ3n) is 4.91. The van der Waals surface area contributed by atoms with Gasteiger partial charge in [-0.2, -0.15) is 0 Å². The Morgan fingerprint density at radius 1 is 1.14 bits per heavy atom. The molecule has 2 heterocycles. The average molecular weight is 431 g/mol. The van der Waals surface area contributed by atoms with E-state index >= 15 is 0 Å². The highest BCUT2D eigenvalue weighted by Crippen LogP contribution is 2.33. The number of hydrogen-bond donors (Lipinski definition) is 0. The van der Waals surface area contributed by atoms with Gasteiger partial charge in [0.1, 0.15) is 16.6 Å². The maximum Gasteiger partial charge on any atom is 0.274 e. The number of sulfonamides is 1. The Morgan fingerprint density at radius 2 is 1.86 bits per heavy atom. The largest absolute Gasteiger partial charge is 0.307 e. The Morgan fingerprint density at radius 3 is 2.55 bits per heavy atom. The topological polar surface area (TPSA) is 57.7 Å². The molecule has 0 saturated carbocycles. The maximum atomic E-state index is 13.4. The Balaban J connectivity index is 1.71. The number of nitrogens with zero attached hydrogens (tertiary/aromatic N) is 2. The highest BCUT2D eigenvalue weighted by molar-refractivity contribution is 7.94. The van der Waals surface area contributed by atoms with E-state index in [1.54, 1.807) is 16.3 Å². The molecule has 0 saturated heterocycles. The van der Waals surface area contributed by atoms with E-state index in [0.29, 0.717) is 0 Å². The summed E-state index contributed by atoms with van der Waals surface area (Å²) in [7, 11) is -3.96. The lowest BCUT2D eigenvalue weighted by Crippen LogP contribution is -2.45. The molecule has 1 aliphatic rings. The first-order valence-electron chi connectivity index (χ1n) is 9.09. The number of anilines is 2. The Bertz CT molecular complexity index is 1130. The normalized spacial score (nSPS) is 15.9. The molecule has 2 aromatic carbocycles. The molecule has 0 N–H and O–H groups in total. The lowest BCUT2D eigenvalue weighted by molar-refractivity contribution is -0.117. The standard InChI is InChI=1S/C21H19FN2O3S2/c1-15-13-16-5-2-3-6-19(16)24(15)20(25)14-23(18-10-8-17(22)9-11-18)29(26,27)21-7-4-12-28-21/h2-12,15H,13-14H2,1H3. The zero-order chi connectivity index (χ0) is 20.6. The number of carbonyl (C=O) groups excluding carboxylic acids is 1. The van der Waals surface area contributed by atoms with Gasteiger partial charge in [0.15, 0.2) is 0 Å². The van der Waals surface area contributed by atoms with Crippen molar-refractivity contribution in [3.05, 3.63) is 77.4 Å². The van der Waals surface area contributed by atoms with Crippen molar-refractivity contribution < 1.29 is 17.6 Å². The molecular formula is C21H19FN2O3S2. The van der Waals surface area contributed by atoms with Gasteiger partial charge in [0.25, 0.3) is 10.0 Å². The summed E-state index contributed by atoms with van der Waals surface area (Å²) in [5.74, 6) is -0.803. The molecule has 1 unspecified atom stereocenters. The van der Waals surface area contributed by atoms with Crippen molar-refractivity contribution in [2.75, 3.05) is 15.7 Å². The van der Waals surface area contributed by atoms with Crippen LogP contribution >= 0.6 is 11.3 Å². The quantitative estimate of drug-likeness (QED) is 0.613. The second-order valence-corrected chi connectivity index (χ2v) is 9.90. The van der Waals surface area contributed by atoms with Crippen molar-refractivity contribution in [1.29, 1.82) is 0 Å². The molecule has 0 aliphatic carbocycles. The van der Waals surface area contributed by atoms with Crippen LogP contribution < -0.4 is 9.21 Å². The summed E-state index contributed by atoms with van der Waals surface area (Å²) in [6, 6.07) is 15.8. The second kappa shape index (κ2) is 7.61. The summed E-state index contributed by atoms with van der Waals surface area (Å²) in [5.41, 5.74) is 2.11. The van der Waals surface area contributed by atoms with Crippen LogP contribution in [0.1, 0.15) is 12.5 Å². The highest BCUT2D eigenvalue weighted by atomic mass is 32.2. The highest BCUT2D eigenvalue weighted by Gasteiger charge is 2.35. The van der Waals surface area contributed by atoms with E-state index in [1.807, 2.05) is 31.2 Å². The number of amides is 1. The van der Waals surface area contributed by atoms with Crippen molar-refractivity contribution in [3.8, 4) is 0 Å². The van der Waals surface area contributed by atoms with Gasteiger partial charge >= 0.3 is 0 Å². The zero-order valence-corrected chi connectivity index (χ0v) is 17.3. The molecule has 0 radical (unpaired) electrons. The summed E-state index contributed by atoms with van der Waals surface area (Å²) in [4.78, 5) is 14.9. The molecule has 150 valence electrons. The molecule has 0 bridgehead atoms. The summed E-state index contributed by atoms with van der Waals surface area (Å²) in [6.07, 6.45) is 0.718. The van der Waals surface area contributed by atoms with Crippen LogP contribution in [0, 0.1) is 5.82 Å². The predicted octanol–water partition coefficient (Wildman–Crippen LogP) is 4.06. The van der Waals surface area contributed by atoms with Gasteiger partial charge in [-0.1, -0.05) is 24.3 Å². The number of carbonyl (C=O) groups is 1. The van der Waals surface area contributed by atoms with Crippen LogP contribution in [0.3, 0.4) is 0 Å². The van der Waals surface area contributed by atoms with Gasteiger partial charge in [-0.05, 0) is 60.7 Å². The van der Waals surface area contributed by atoms with Gasteiger partial charge in [-0.25, -0.2) is 12.8 Å². The number of para-hydroxylation sites is 1. The van der Waals surface area contributed by atoms with E-state index in [0.717, 1.165) is 33.3 Å². The van der Waals surface area contributed by atoms with Crippen molar-refractivity contribution in [1.82, 2.24) is 0 Å². The molecule has 1 aromatic heterocycles. The van der Waals surface area contributed by atoms with Crippen molar-refractivity contribution >= 4 is 38.6 Å². The maximum absolute atomic E-state index is 13.4. The van der Waals surface area contributed by atoms with Crippen LogP contribution in [0.15, 0.2) is 70.3 Å². The van der Waals surface area contributed by atoms with Crippen molar-refractivity contribution in [3.63, 3.8) is 0 Å². The monoisotopic (exact) mass is 430 g/mol. The Hall–Kier alpha value is -2.71. The van der Waals surface area contributed by atoms with Gasteiger partial charge in [0.2, 0.25) is 5.91 Å². The predicted molar refractivity (Wildman–Crippen MR) is 112 cm³/mol. The van der Waals surface area contributed by atoms with E-state index in [2.05, 4.69) is 0 Å². The molecule has 0 fully saturated rings. The van der Waals surface area contributed by atoms with Crippen LogP contribution in [0.4, 0.5) is 15.8 Å². The zero-order valence-electron chi connectivity index (χ0n) is 15.7. The van der Waals surface area contributed by atoms with E-state index in [-0.39, 0.29) is 28.4 Å². The van der Waals surface area contributed by atoms with Crippen LogP contribution in [-0.2, 0) is 21.2 Å². The van der Waals surface area contributed by atoms with Crippen LogP contribution in [0.25, 0.3) is 0 Å². The van der Waals surface area contributed by atoms with Gasteiger partial charge in [0, 0.05) is 11.7 Å². The molecule has 4 rings (SSSR count). The molecule has 1 aliphatic heterocycles. The molecule has 8 heteroatoms. The number of benzene rings is 2. The summed E-state index contributed by atoms with van der Waals surface area (Å²) >= 11 is 1.08. The molecule has 29 heavy (non-hydrogen) atoms. The van der Waals surface area contributed by atoms with Gasteiger partial charge < -0.3 is 4.90 Å². The first-order valence-corrected chi connectivity index (χ1v) is 11.4. The molecular weight excluding hydrogens is 411 g/mol. The minimum atomic E-state index is -3.96. The fourth-order valence-corrected chi connectivity index (χ4v) is 6.10.